The molecule has 2 N–H and O–H groups in total. The second-order valence-electron chi connectivity index (χ2n) is 5.76. The maximum atomic E-state index is 12.2. The number of nitrogens with one attached hydrogen (secondary N) is 2. The average molecular weight is 347 g/mol. The molecule has 8 nitrogen and oxygen atoms in total. The van der Waals surface area contributed by atoms with Gasteiger partial charge < -0.3 is 9.64 Å². The number of anilines is 1. The van der Waals surface area contributed by atoms with Gasteiger partial charge in [0.1, 0.15) is 0 Å². The summed E-state index contributed by atoms with van der Waals surface area (Å²) >= 11 is 0. The van der Waals surface area contributed by atoms with Gasteiger partial charge in [-0.1, -0.05) is 19.1 Å². The van der Waals surface area contributed by atoms with Gasteiger partial charge in [0.15, 0.2) is 6.61 Å². The van der Waals surface area contributed by atoms with Crippen LogP contribution in [-0.4, -0.2) is 36.8 Å². The number of benzene rings is 1. The summed E-state index contributed by atoms with van der Waals surface area (Å²) in [5, 5.41) is 0. The van der Waals surface area contributed by atoms with Gasteiger partial charge in [0.05, 0.1) is 5.92 Å². The summed E-state index contributed by atoms with van der Waals surface area (Å²) in [5.41, 5.74) is 6.08. The zero-order chi connectivity index (χ0) is 18.4. The Bertz CT molecular complexity index is 671. The number of nitrogens with zero attached hydrogens (tertiary/aromatic N) is 1. The molecule has 3 amide bonds. The van der Waals surface area contributed by atoms with E-state index in [4.69, 9.17) is 4.74 Å². The summed E-state index contributed by atoms with van der Waals surface area (Å²) in [4.78, 5) is 47.8. The van der Waals surface area contributed by atoms with E-state index in [1.165, 1.54) is 6.92 Å². The molecule has 0 saturated carbocycles. The average Bonchev–Trinajstić information content (AvgIpc) is 2.99. The third kappa shape index (κ3) is 5.03. The molecule has 0 unspecified atom stereocenters. The molecule has 0 aliphatic carbocycles. The van der Waals surface area contributed by atoms with Gasteiger partial charge in [0.2, 0.25) is 11.8 Å². The molecule has 1 fully saturated rings. The molecule has 1 saturated heterocycles. The normalized spacial score (nSPS) is 16.5. The molecule has 1 heterocycles. The first kappa shape index (κ1) is 18.4. The van der Waals surface area contributed by atoms with E-state index >= 15 is 0 Å². The largest absolute Gasteiger partial charge is 0.455 e. The van der Waals surface area contributed by atoms with Crippen molar-refractivity contribution >= 4 is 29.4 Å². The van der Waals surface area contributed by atoms with Crippen LogP contribution in [0.5, 0.6) is 0 Å². The fraction of sp³-hybridized carbons (Fsp3) is 0.412. The van der Waals surface area contributed by atoms with Gasteiger partial charge in [-0.3, -0.25) is 30.0 Å². The molecule has 0 bridgehead atoms. The summed E-state index contributed by atoms with van der Waals surface area (Å²) in [7, 11) is 0. The lowest BCUT2D eigenvalue weighted by Crippen LogP contribution is -2.42. The molecule has 0 radical (unpaired) electrons. The Morgan fingerprint density at radius 3 is 2.48 bits per heavy atom. The number of hydrazine groups is 1. The second kappa shape index (κ2) is 8.27. The Balaban J connectivity index is 1.87. The third-order valence-electron chi connectivity index (χ3n) is 3.84. The van der Waals surface area contributed by atoms with E-state index in [-0.39, 0.29) is 18.9 Å². The smallest absolute Gasteiger partial charge is 0.311 e. The number of carbonyl (C=O) groups is 4. The number of esters is 1. The van der Waals surface area contributed by atoms with E-state index in [0.29, 0.717) is 0 Å². The van der Waals surface area contributed by atoms with Crippen molar-refractivity contribution in [2.75, 3.05) is 18.1 Å². The first-order valence-corrected chi connectivity index (χ1v) is 8.02. The first-order chi connectivity index (χ1) is 11.9. The van der Waals surface area contributed by atoms with Crippen LogP contribution in [0.2, 0.25) is 0 Å². The van der Waals surface area contributed by atoms with Gasteiger partial charge in [0, 0.05) is 25.6 Å². The van der Waals surface area contributed by atoms with E-state index in [1.807, 2.05) is 31.2 Å². The van der Waals surface area contributed by atoms with Gasteiger partial charge in [-0.05, 0) is 24.1 Å². The van der Waals surface area contributed by atoms with Crippen molar-refractivity contribution in [3.63, 3.8) is 0 Å². The Morgan fingerprint density at radius 2 is 1.88 bits per heavy atom. The molecule has 1 aliphatic heterocycles. The molecule has 1 aromatic carbocycles. The molecule has 1 aromatic rings. The Morgan fingerprint density at radius 1 is 1.20 bits per heavy atom. The van der Waals surface area contributed by atoms with E-state index in [0.717, 1.165) is 17.7 Å². The lowest BCUT2D eigenvalue weighted by molar-refractivity contribution is -0.152. The standard InChI is InChI=1S/C17H21N3O5/c1-3-12-4-6-14(7-5-12)20-9-13(8-16(20)23)17(24)25-10-15(22)19-18-11(2)21/h4-7,13H,3,8-10H2,1-2H3,(H,18,21)(H,19,22)/t13-/m0/s1. The van der Waals surface area contributed by atoms with Crippen LogP contribution in [-0.2, 0) is 30.3 Å². The monoisotopic (exact) mass is 347 g/mol. The molecule has 134 valence electrons. The summed E-state index contributed by atoms with van der Waals surface area (Å²) < 4.78 is 4.91. The third-order valence-corrected chi connectivity index (χ3v) is 3.84. The highest BCUT2D eigenvalue weighted by Gasteiger charge is 2.36. The highest BCUT2D eigenvalue weighted by molar-refractivity contribution is 5.99. The van der Waals surface area contributed by atoms with Crippen LogP contribution in [0.15, 0.2) is 24.3 Å². The number of rotatable bonds is 5. The summed E-state index contributed by atoms with van der Waals surface area (Å²) in [6.45, 7) is 2.98. The predicted octanol–water partition coefficient (Wildman–Crippen LogP) is 0.312. The lowest BCUT2D eigenvalue weighted by atomic mass is 10.1. The molecule has 1 atom stereocenters. The minimum atomic E-state index is -0.653. The fourth-order valence-corrected chi connectivity index (χ4v) is 2.47. The molecular formula is C17H21N3O5. The van der Waals surface area contributed by atoms with Crippen LogP contribution in [0.25, 0.3) is 0 Å². The number of hydrogen-bond donors (Lipinski definition) is 2. The Kier molecular flexibility index (Phi) is 6.10. The molecule has 8 heteroatoms. The van der Waals surface area contributed by atoms with Crippen LogP contribution in [0.1, 0.15) is 25.8 Å². The summed E-state index contributed by atoms with van der Waals surface area (Å²) in [6, 6.07) is 7.60. The predicted molar refractivity (Wildman–Crippen MR) is 89.2 cm³/mol. The summed E-state index contributed by atoms with van der Waals surface area (Å²) in [6.07, 6.45) is 0.950. The minimum absolute atomic E-state index is 0.0433. The van der Waals surface area contributed by atoms with Crippen LogP contribution in [0, 0.1) is 5.92 Å². The highest BCUT2D eigenvalue weighted by Crippen LogP contribution is 2.26. The molecular weight excluding hydrogens is 326 g/mol. The zero-order valence-corrected chi connectivity index (χ0v) is 14.2. The van der Waals surface area contributed by atoms with Gasteiger partial charge in [-0.2, -0.15) is 0 Å². The van der Waals surface area contributed by atoms with Gasteiger partial charge >= 0.3 is 5.97 Å². The van der Waals surface area contributed by atoms with E-state index in [9.17, 15) is 19.2 Å². The van der Waals surface area contributed by atoms with Crippen molar-refractivity contribution in [2.45, 2.75) is 26.7 Å². The van der Waals surface area contributed by atoms with Crippen molar-refractivity contribution in [2.24, 2.45) is 5.92 Å². The first-order valence-electron chi connectivity index (χ1n) is 8.02. The topological polar surface area (TPSA) is 105 Å². The number of carbonyl (C=O) groups excluding carboxylic acids is 4. The molecule has 0 aromatic heterocycles. The molecule has 25 heavy (non-hydrogen) atoms. The highest BCUT2D eigenvalue weighted by atomic mass is 16.5. The van der Waals surface area contributed by atoms with Gasteiger partial charge in [-0.25, -0.2) is 0 Å². The van der Waals surface area contributed by atoms with Crippen molar-refractivity contribution in [1.29, 1.82) is 0 Å². The summed E-state index contributed by atoms with van der Waals surface area (Å²) in [5.74, 6) is -2.48. The maximum Gasteiger partial charge on any atom is 0.311 e. The van der Waals surface area contributed by atoms with Crippen LogP contribution >= 0.6 is 0 Å². The van der Waals surface area contributed by atoms with Crippen LogP contribution in [0.4, 0.5) is 5.69 Å². The van der Waals surface area contributed by atoms with Crippen molar-refractivity contribution in [3.8, 4) is 0 Å². The van der Waals surface area contributed by atoms with Gasteiger partial charge in [0.25, 0.3) is 5.91 Å². The Hall–Kier alpha value is -2.90. The number of amides is 3. The number of hydrogen-bond acceptors (Lipinski definition) is 5. The van der Waals surface area contributed by atoms with Crippen LogP contribution < -0.4 is 15.8 Å². The van der Waals surface area contributed by atoms with E-state index in [2.05, 4.69) is 10.9 Å². The Labute approximate surface area is 145 Å². The molecule has 2 rings (SSSR count). The van der Waals surface area contributed by atoms with E-state index < -0.39 is 30.3 Å². The molecule has 0 spiro atoms. The number of ether oxygens (including phenoxy) is 1. The van der Waals surface area contributed by atoms with Crippen molar-refractivity contribution in [3.05, 3.63) is 29.8 Å². The maximum absolute atomic E-state index is 12.2. The second-order valence-corrected chi connectivity index (χ2v) is 5.76. The lowest BCUT2D eigenvalue weighted by Gasteiger charge is -2.17. The fourth-order valence-electron chi connectivity index (χ4n) is 2.47. The van der Waals surface area contributed by atoms with E-state index in [1.54, 1.807) is 4.90 Å². The molecule has 1 aliphatic rings. The van der Waals surface area contributed by atoms with Gasteiger partial charge in [-0.15, -0.1) is 0 Å². The van der Waals surface area contributed by atoms with Crippen LogP contribution in [0.3, 0.4) is 0 Å². The number of aryl methyl sites for hydroxylation is 1. The zero-order valence-electron chi connectivity index (χ0n) is 14.2. The van der Waals surface area contributed by atoms with Crippen molar-refractivity contribution < 1.29 is 23.9 Å². The minimum Gasteiger partial charge on any atom is -0.455 e. The quantitative estimate of drug-likeness (QED) is 0.589. The van der Waals surface area contributed by atoms with Crippen molar-refractivity contribution in [1.82, 2.24) is 10.9 Å². The SMILES string of the molecule is CCc1ccc(N2C[C@@H](C(=O)OCC(=O)NNC(C)=O)CC2=O)cc1.